The summed E-state index contributed by atoms with van der Waals surface area (Å²) in [5.74, 6) is 0.671. The molecule has 3 rings (SSSR count). The van der Waals surface area contributed by atoms with Gasteiger partial charge in [-0.05, 0) is 46.0 Å². The normalized spacial score (nSPS) is 15.2. The minimum absolute atomic E-state index is 0.0330. The van der Waals surface area contributed by atoms with Crippen LogP contribution in [0.4, 0.5) is 10.1 Å². The Hall–Kier alpha value is -2.45. The third kappa shape index (κ3) is 5.37. The Balaban J connectivity index is 1.52. The average molecular weight is 421 g/mol. The van der Waals surface area contributed by atoms with Gasteiger partial charge in [0.1, 0.15) is 11.6 Å². The molecule has 30 heavy (non-hydrogen) atoms. The van der Waals surface area contributed by atoms with Crippen LogP contribution in [-0.2, 0) is 13.1 Å². The Morgan fingerprint density at radius 3 is 2.50 bits per heavy atom. The molecule has 1 saturated heterocycles. The molecule has 0 saturated carbocycles. The fourth-order valence-electron chi connectivity index (χ4n) is 3.88. The number of ether oxygens (including phenoxy) is 1. The number of nitrogens with one attached hydrogen (secondary N) is 1. The highest BCUT2D eigenvalue weighted by atomic mass is 19.1. The summed E-state index contributed by atoms with van der Waals surface area (Å²) in [7, 11) is 1.80. The van der Waals surface area contributed by atoms with Gasteiger partial charge < -0.3 is 25.2 Å². The van der Waals surface area contributed by atoms with Crippen molar-refractivity contribution in [3.63, 3.8) is 0 Å². The minimum atomic E-state index is -0.257. The number of anilines is 1. The second kappa shape index (κ2) is 10.0. The molecule has 0 radical (unpaired) electrons. The van der Waals surface area contributed by atoms with Crippen LogP contribution in [0.5, 0.6) is 17.5 Å². The summed E-state index contributed by atoms with van der Waals surface area (Å²) >= 11 is 0. The Kier molecular flexibility index (Phi) is 7.44. The Morgan fingerprint density at radius 2 is 1.83 bits per heavy atom. The first-order valence-corrected chi connectivity index (χ1v) is 10.6. The number of benzene rings is 1. The van der Waals surface area contributed by atoms with Gasteiger partial charge >= 0.3 is 0 Å². The highest BCUT2D eigenvalue weighted by molar-refractivity contribution is 5.59. The van der Waals surface area contributed by atoms with Crippen molar-refractivity contribution in [2.24, 2.45) is 0 Å². The van der Waals surface area contributed by atoms with Crippen LogP contribution in [0.25, 0.3) is 0 Å². The van der Waals surface area contributed by atoms with Crippen molar-refractivity contribution < 1.29 is 19.3 Å². The molecule has 1 fully saturated rings. The molecule has 1 aromatic heterocycles. The van der Waals surface area contributed by atoms with E-state index in [2.05, 4.69) is 15.1 Å². The predicted molar refractivity (Wildman–Crippen MR) is 116 cm³/mol. The zero-order valence-corrected chi connectivity index (χ0v) is 18.1. The first kappa shape index (κ1) is 22.2. The molecule has 3 N–H and O–H groups in total. The standard InChI is InChI=1S/C22H33FN4O3/c1-16(2)30-20-6-5-18(23)14-19(20)26-11-9-25(10-12-26)7-4-8-27-21(28)13-17(15-24-3)22(27)29/h5-6,13-14,16,24,28-29H,4,7-12,15H2,1-3H3. The molecule has 8 heteroatoms. The molecule has 0 aliphatic carbocycles. The molecule has 7 nitrogen and oxygen atoms in total. The number of nitrogens with zero attached hydrogens (tertiary/aromatic N) is 3. The van der Waals surface area contributed by atoms with Crippen LogP contribution in [0.3, 0.4) is 0 Å². The third-order valence-electron chi connectivity index (χ3n) is 5.34. The van der Waals surface area contributed by atoms with Crippen molar-refractivity contribution in [1.29, 1.82) is 0 Å². The van der Waals surface area contributed by atoms with E-state index in [1.165, 1.54) is 6.07 Å². The lowest BCUT2D eigenvalue weighted by Crippen LogP contribution is -2.47. The minimum Gasteiger partial charge on any atom is -0.494 e. The largest absolute Gasteiger partial charge is 0.494 e. The summed E-state index contributed by atoms with van der Waals surface area (Å²) in [5, 5.41) is 23.3. The second-order valence-electron chi connectivity index (χ2n) is 7.99. The van der Waals surface area contributed by atoms with E-state index >= 15 is 0 Å². The van der Waals surface area contributed by atoms with E-state index in [0.29, 0.717) is 18.7 Å². The van der Waals surface area contributed by atoms with Gasteiger partial charge in [-0.2, -0.15) is 0 Å². The molecule has 1 aliphatic rings. The van der Waals surface area contributed by atoms with E-state index in [9.17, 15) is 14.6 Å². The van der Waals surface area contributed by atoms with E-state index in [1.54, 1.807) is 29.8 Å². The van der Waals surface area contributed by atoms with Crippen molar-refractivity contribution >= 4 is 5.69 Å². The maximum atomic E-state index is 13.8. The fourth-order valence-corrected chi connectivity index (χ4v) is 3.88. The lowest BCUT2D eigenvalue weighted by atomic mass is 10.2. The van der Waals surface area contributed by atoms with Crippen molar-refractivity contribution in [1.82, 2.24) is 14.8 Å². The number of hydrogen-bond acceptors (Lipinski definition) is 6. The molecular weight excluding hydrogens is 387 g/mol. The van der Waals surface area contributed by atoms with Crippen molar-refractivity contribution in [3.05, 3.63) is 35.6 Å². The van der Waals surface area contributed by atoms with Crippen LogP contribution >= 0.6 is 0 Å². The topological polar surface area (TPSA) is 73.1 Å². The molecular formula is C22H33FN4O3. The third-order valence-corrected chi connectivity index (χ3v) is 5.34. The average Bonchev–Trinajstić information content (AvgIpc) is 2.97. The first-order chi connectivity index (χ1) is 14.4. The van der Waals surface area contributed by atoms with Gasteiger partial charge in [-0.25, -0.2) is 4.39 Å². The summed E-state index contributed by atoms with van der Waals surface area (Å²) in [5.41, 5.74) is 1.50. The monoisotopic (exact) mass is 420 g/mol. The van der Waals surface area contributed by atoms with Crippen molar-refractivity contribution in [3.8, 4) is 17.5 Å². The van der Waals surface area contributed by atoms with E-state index in [0.717, 1.165) is 50.6 Å². The number of hydrogen-bond donors (Lipinski definition) is 3. The molecule has 166 valence electrons. The van der Waals surface area contributed by atoms with Crippen LogP contribution in [0.15, 0.2) is 24.3 Å². The maximum Gasteiger partial charge on any atom is 0.198 e. The Morgan fingerprint density at radius 1 is 1.10 bits per heavy atom. The van der Waals surface area contributed by atoms with E-state index in [1.807, 2.05) is 13.8 Å². The van der Waals surface area contributed by atoms with Crippen molar-refractivity contribution in [2.45, 2.75) is 39.5 Å². The zero-order valence-electron chi connectivity index (χ0n) is 18.1. The summed E-state index contributed by atoms with van der Waals surface area (Å²) in [4.78, 5) is 4.52. The lowest BCUT2D eigenvalue weighted by molar-refractivity contribution is 0.234. The van der Waals surface area contributed by atoms with Gasteiger partial charge in [-0.1, -0.05) is 0 Å². The number of rotatable bonds is 9. The van der Waals surface area contributed by atoms with Gasteiger partial charge in [-0.3, -0.25) is 9.47 Å². The maximum absolute atomic E-state index is 13.8. The molecule has 1 aromatic carbocycles. The van der Waals surface area contributed by atoms with Gasteiger partial charge in [0.2, 0.25) is 0 Å². The summed E-state index contributed by atoms with van der Waals surface area (Å²) in [6.45, 7) is 9.19. The summed E-state index contributed by atoms with van der Waals surface area (Å²) in [6, 6.07) is 6.29. The van der Waals surface area contributed by atoms with E-state index in [4.69, 9.17) is 4.74 Å². The molecule has 1 aliphatic heterocycles. The predicted octanol–water partition coefficient (Wildman–Crippen LogP) is 2.76. The molecule has 0 amide bonds. The van der Waals surface area contributed by atoms with Crippen LogP contribution in [0.2, 0.25) is 0 Å². The van der Waals surface area contributed by atoms with Gasteiger partial charge in [0, 0.05) is 57.0 Å². The zero-order chi connectivity index (χ0) is 21.7. The van der Waals surface area contributed by atoms with Gasteiger partial charge in [0.25, 0.3) is 0 Å². The molecule has 0 unspecified atom stereocenters. The number of aromatic hydroxyl groups is 2. The highest BCUT2D eigenvalue weighted by Crippen LogP contribution is 2.31. The molecule has 0 bridgehead atoms. The molecule has 2 aromatic rings. The molecule has 0 atom stereocenters. The van der Waals surface area contributed by atoms with E-state index < -0.39 is 0 Å². The summed E-state index contributed by atoms with van der Waals surface area (Å²) < 4.78 is 21.2. The Labute approximate surface area is 177 Å². The number of halogens is 1. The fraction of sp³-hybridized carbons (Fsp3) is 0.545. The smallest absolute Gasteiger partial charge is 0.198 e. The lowest BCUT2D eigenvalue weighted by Gasteiger charge is -2.37. The quantitative estimate of drug-likeness (QED) is 0.579. The highest BCUT2D eigenvalue weighted by Gasteiger charge is 2.21. The Bertz CT molecular complexity index is 832. The van der Waals surface area contributed by atoms with Crippen LogP contribution < -0.4 is 15.0 Å². The van der Waals surface area contributed by atoms with Gasteiger partial charge in [0.15, 0.2) is 11.8 Å². The van der Waals surface area contributed by atoms with E-state index in [-0.39, 0.29) is 23.7 Å². The second-order valence-corrected chi connectivity index (χ2v) is 7.99. The molecule has 2 heterocycles. The number of piperazine rings is 1. The van der Waals surface area contributed by atoms with Crippen LogP contribution in [-0.4, -0.2) is 65.6 Å². The van der Waals surface area contributed by atoms with Crippen molar-refractivity contribution in [2.75, 3.05) is 44.7 Å². The first-order valence-electron chi connectivity index (χ1n) is 10.6. The summed E-state index contributed by atoms with van der Waals surface area (Å²) in [6.07, 6.45) is 0.849. The number of aromatic nitrogens is 1. The van der Waals surface area contributed by atoms with Crippen LogP contribution in [0, 0.1) is 5.82 Å². The SMILES string of the molecule is CNCc1cc(O)n(CCCN2CCN(c3cc(F)ccc3OC(C)C)CC2)c1O. The van der Waals surface area contributed by atoms with Crippen LogP contribution in [0.1, 0.15) is 25.8 Å². The van der Waals surface area contributed by atoms with Gasteiger partial charge in [0.05, 0.1) is 11.8 Å². The van der Waals surface area contributed by atoms with Gasteiger partial charge in [-0.15, -0.1) is 0 Å². The molecule has 0 spiro atoms.